The van der Waals surface area contributed by atoms with Crippen LogP contribution >= 0.6 is 22.9 Å². The molecule has 1 aliphatic rings. The number of amides is 1. The number of benzene rings is 2. The third-order valence-electron chi connectivity index (χ3n) is 5.50. The number of nitrogens with zero attached hydrogens (tertiary/aromatic N) is 3. The molecule has 34 heavy (non-hydrogen) atoms. The number of Topliss-reactive ketones (excluding diaryl/α,β-unsaturated/α-hetero) is 1. The summed E-state index contributed by atoms with van der Waals surface area (Å²) in [4.78, 5) is 36.0. The second-order valence-corrected chi connectivity index (χ2v) is 9.07. The Morgan fingerprint density at radius 2 is 1.94 bits per heavy atom. The molecule has 3 heterocycles. The quantitative estimate of drug-likeness (QED) is 0.228. The summed E-state index contributed by atoms with van der Waals surface area (Å²) in [5.74, 6) is -3.41. The summed E-state index contributed by atoms with van der Waals surface area (Å²) in [6.45, 7) is 1.52. The number of hydrogen-bond donors (Lipinski definition) is 1. The molecule has 1 N–H and O–H groups in total. The van der Waals surface area contributed by atoms with E-state index < -0.39 is 35.1 Å². The summed E-state index contributed by atoms with van der Waals surface area (Å²) in [6, 6.07) is 8.66. The molecule has 5 rings (SSSR count). The van der Waals surface area contributed by atoms with Crippen molar-refractivity contribution in [2.45, 2.75) is 13.0 Å². The van der Waals surface area contributed by atoms with Crippen LogP contribution in [0.2, 0.25) is 5.02 Å². The average Bonchev–Trinajstić information content (AvgIpc) is 3.33. The number of fused-ring (bicyclic) bond motifs is 1. The van der Waals surface area contributed by atoms with Gasteiger partial charge < -0.3 is 5.11 Å². The Balaban J connectivity index is 1.73. The van der Waals surface area contributed by atoms with E-state index in [0.29, 0.717) is 15.8 Å². The lowest BCUT2D eigenvalue weighted by molar-refractivity contribution is -0.132. The SMILES string of the molecule is Cc1cc(/C(O)=C2\C(=O)C(=O)N(c3nc4cc(Cl)c(F)cc4s3)C2c2cccnc2)ccc1F. The number of aromatic nitrogens is 2. The van der Waals surface area contributed by atoms with Gasteiger partial charge in [-0.15, -0.1) is 0 Å². The van der Waals surface area contributed by atoms with Crippen molar-refractivity contribution in [2.75, 3.05) is 4.90 Å². The normalized spacial score (nSPS) is 17.6. The minimum absolute atomic E-state index is 0.123. The van der Waals surface area contributed by atoms with Gasteiger partial charge in [-0.05, 0) is 54.4 Å². The molecule has 2 aromatic heterocycles. The summed E-state index contributed by atoms with van der Waals surface area (Å²) in [6.07, 6.45) is 3.00. The van der Waals surface area contributed by atoms with Gasteiger partial charge in [-0.25, -0.2) is 13.8 Å². The molecule has 0 aliphatic carbocycles. The first kappa shape index (κ1) is 22.1. The Labute approximate surface area is 200 Å². The number of rotatable bonds is 3. The van der Waals surface area contributed by atoms with Crippen LogP contribution in [-0.4, -0.2) is 26.8 Å². The number of aliphatic hydroxyl groups excluding tert-OH is 1. The second kappa shape index (κ2) is 8.27. The van der Waals surface area contributed by atoms with Crippen LogP contribution in [0.25, 0.3) is 16.0 Å². The number of anilines is 1. The maximum absolute atomic E-state index is 14.0. The lowest BCUT2D eigenvalue weighted by Gasteiger charge is -2.22. The van der Waals surface area contributed by atoms with Gasteiger partial charge in [0.1, 0.15) is 17.4 Å². The predicted octanol–water partition coefficient (Wildman–Crippen LogP) is 5.56. The van der Waals surface area contributed by atoms with E-state index in [1.165, 1.54) is 49.6 Å². The van der Waals surface area contributed by atoms with E-state index in [1.54, 1.807) is 12.1 Å². The van der Waals surface area contributed by atoms with E-state index in [2.05, 4.69) is 9.97 Å². The fourth-order valence-corrected chi connectivity index (χ4v) is 5.00. The van der Waals surface area contributed by atoms with E-state index in [9.17, 15) is 23.5 Å². The molecule has 1 atom stereocenters. The van der Waals surface area contributed by atoms with Crippen molar-refractivity contribution in [3.63, 3.8) is 0 Å². The largest absolute Gasteiger partial charge is 0.507 e. The number of pyridine rings is 1. The van der Waals surface area contributed by atoms with Crippen LogP contribution in [-0.2, 0) is 9.59 Å². The maximum atomic E-state index is 14.0. The number of hydrogen-bond acceptors (Lipinski definition) is 6. The fraction of sp³-hybridized carbons (Fsp3) is 0.0833. The lowest BCUT2D eigenvalue weighted by Crippen LogP contribution is -2.29. The summed E-state index contributed by atoms with van der Waals surface area (Å²) >= 11 is 6.87. The van der Waals surface area contributed by atoms with Crippen LogP contribution in [0.5, 0.6) is 0 Å². The topological polar surface area (TPSA) is 83.4 Å². The van der Waals surface area contributed by atoms with E-state index >= 15 is 0 Å². The number of aliphatic hydroxyl groups is 1. The van der Waals surface area contributed by atoms with Crippen LogP contribution in [0.15, 0.2) is 60.4 Å². The summed E-state index contributed by atoms with van der Waals surface area (Å²) in [5, 5.41) is 11.1. The van der Waals surface area contributed by atoms with Crippen LogP contribution in [0.1, 0.15) is 22.7 Å². The zero-order chi connectivity index (χ0) is 24.1. The van der Waals surface area contributed by atoms with Crippen LogP contribution in [0.3, 0.4) is 0 Å². The summed E-state index contributed by atoms with van der Waals surface area (Å²) in [7, 11) is 0. The highest BCUT2D eigenvalue weighted by atomic mass is 35.5. The Bertz CT molecular complexity index is 1480. The highest BCUT2D eigenvalue weighted by molar-refractivity contribution is 7.22. The molecule has 1 amide bonds. The maximum Gasteiger partial charge on any atom is 0.301 e. The minimum atomic E-state index is -1.06. The third-order valence-corrected chi connectivity index (χ3v) is 6.81. The monoisotopic (exact) mass is 497 g/mol. The molecule has 1 fully saturated rings. The lowest BCUT2D eigenvalue weighted by atomic mass is 9.96. The van der Waals surface area contributed by atoms with Gasteiger partial charge in [-0.2, -0.15) is 0 Å². The highest BCUT2D eigenvalue weighted by Gasteiger charge is 2.48. The smallest absolute Gasteiger partial charge is 0.301 e. The van der Waals surface area contributed by atoms with Crippen molar-refractivity contribution >= 4 is 55.7 Å². The predicted molar refractivity (Wildman–Crippen MR) is 125 cm³/mol. The van der Waals surface area contributed by atoms with E-state index in [1.807, 2.05) is 0 Å². The van der Waals surface area contributed by atoms with Gasteiger partial charge in [0.15, 0.2) is 5.13 Å². The van der Waals surface area contributed by atoms with Crippen molar-refractivity contribution in [2.24, 2.45) is 0 Å². The molecule has 6 nitrogen and oxygen atoms in total. The molecule has 1 saturated heterocycles. The minimum Gasteiger partial charge on any atom is -0.507 e. The Morgan fingerprint density at radius 3 is 2.65 bits per heavy atom. The fourth-order valence-electron chi connectivity index (χ4n) is 3.84. The van der Waals surface area contributed by atoms with Crippen LogP contribution in [0.4, 0.5) is 13.9 Å². The number of carbonyl (C=O) groups excluding carboxylic acids is 2. The van der Waals surface area contributed by atoms with Gasteiger partial charge in [-0.1, -0.05) is 29.0 Å². The number of thiazole rings is 1. The molecule has 4 aromatic rings. The van der Waals surface area contributed by atoms with Gasteiger partial charge in [0, 0.05) is 18.0 Å². The van der Waals surface area contributed by atoms with Crippen molar-refractivity contribution in [1.29, 1.82) is 0 Å². The molecular weight excluding hydrogens is 484 g/mol. The van der Waals surface area contributed by atoms with E-state index in [4.69, 9.17) is 11.6 Å². The molecule has 10 heteroatoms. The Morgan fingerprint density at radius 1 is 1.15 bits per heavy atom. The molecule has 1 aliphatic heterocycles. The number of halogens is 3. The molecular formula is C24H14ClF2N3O3S. The first-order chi connectivity index (χ1) is 16.3. The van der Waals surface area contributed by atoms with Gasteiger partial charge >= 0.3 is 5.91 Å². The second-order valence-electron chi connectivity index (χ2n) is 7.65. The Hall–Kier alpha value is -3.69. The number of carbonyl (C=O) groups is 2. The number of aryl methyl sites for hydroxylation is 1. The summed E-state index contributed by atoms with van der Waals surface area (Å²) < 4.78 is 28.2. The molecule has 2 aromatic carbocycles. The molecule has 0 bridgehead atoms. The zero-order valence-electron chi connectivity index (χ0n) is 17.4. The average molecular weight is 498 g/mol. The standard InChI is InChI=1S/C24H14ClF2N3O3S/c1-11-7-12(4-5-15(11)26)21(31)19-20(13-3-2-6-28-10-13)30(23(33)22(19)32)24-29-17-8-14(25)16(27)9-18(17)34-24/h2-10,20,31H,1H3/b21-19+. The van der Waals surface area contributed by atoms with Crippen LogP contribution < -0.4 is 4.90 Å². The third kappa shape index (κ3) is 3.53. The molecule has 0 spiro atoms. The van der Waals surface area contributed by atoms with Crippen LogP contribution in [0, 0.1) is 18.6 Å². The van der Waals surface area contributed by atoms with E-state index in [-0.39, 0.29) is 26.9 Å². The first-order valence-electron chi connectivity index (χ1n) is 9.99. The van der Waals surface area contributed by atoms with Crippen molar-refractivity contribution in [1.82, 2.24) is 9.97 Å². The van der Waals surface area contributed by atoms with Gasteiger partial charge in [-0.3, -0.25) is 19.5 Å². The Kier molecular flexibility index (Phi) is 5.38. The molecule has 0 saturated carbocycles. The molecule has 170 valence electrons. The molecule has 1 unspecified atom stereocenters. The first-order valence-corrected chi connectivity index (χ1v) is 11.2. The highest BCUT2D eigenvalue weighted by Crippen LogP contribution is 2.44. The van der Waals surface area contributed by atoms with Gasteiger partial charge in [0.2, 0.25) is 0 Å². The van der Waals surface area contributed by atoms with Crippen molar-refractivity contribution in [3.05, 3.63) is 93.8 Å². The van der Waals surface area contributed by atoms with Crippen molar-refractivity contribution in [3.8, 4) is 0 Å². The number of ketones is 1. The van der Waals surface area contributed by atoms with Crippen molar-refractivity contribution < 1.29 is 23.5 Å². The zero-order valence-corrected chi connectivity index (χ0v) is 19.0. The summed E-state index contributed by atoms with van der Waals surface area (Å²) in [5.41, 5.74) is 1.07. The van der Waals surface area contributed by atoms with E-state index in [0.717, 1.165) is 16.2 Å². The van der Waals surface area contributed by atoms with Gasteiger partial charge in [0.05, 0.1) is 26.9 Å². The van der Waals surface area contributed by atoms with Gasteiger partial charge in [0.25, 0.3) is 5.78 Å². The molecule has 0 radical (unpaired) electrons.